The third kappa shape index (κ3) is 4.81. The molecule has 1 fully saturated rings. The molecule has 0 aromatic carbocycles. The second-order valence-electron chi connectivity index (χ2n) is 8.25. The summed E-state index contributed by atoms with van der Waals surface area (Å²) in [5, 5.41) is 11.9. The van der Waals surface area contributed by atoms with E-state index < -0.39 is 0 Å². The molecule has 0 bridgehead atoms. The highest BCUT2D eigenvalue weighted by Gasteiger charge is 2.25. The largest absolute Gasteiger partial charge is 0.380 e. The zero-order chi connectivity index (χ0) is 22.5. The van der Waals surface area contributed by atoms with Crippen LogP contribution in [0, 0.1) is 0 Å². The molecule has 0 spiro atoms. The molecule has 1 saturated heterocycles. The quantitative estimate of drug-likeness (QED) is 0.487. The van der Waals surface area contributed by atoms with E-state index in [2.05, 4.69) is 46.3 Å². The fraction of sp³-hybridized carbons (Fsp3) is 0.591. The molecule has 0 amide bonds. The van der Waals surface area contributed by atoms with Gasteiger partial charge in [0.05, 0.1) is 18.8 Å². The van der Waals surface area contributed by atoms with Crippen molar-refractivity contribution >= 4 is 28.6 Å². The highest BCUT2D eigenvalue weighted by molar-refractivity contribution is 5.90. The molecule has 4 rings (SSSR count). The lowest BCUT2D eigenvalue weighted by Crippen LogP contribution is -2.51. The van der Waals surface area contributed by atoms with Gasteiger partial charge in [0.1, 0.15) is 23.2 Å². The predicted molar refractivity (Wildman–Crippen MR) is 126 cm³/mol. The molecule has 4 heterocycles. The van der Waals surface area contributed by atoms with Gasteiger partial charge in [0.25, 0.3) is 0 Å². The van der Waals surface area contributed by atoms with Gasteiger partial charge in [0.15, 0.2) is 5.82 Å². The molecule has 0 unspecified atom stereocenters. The van der Waals surface area contributed by atoms with Gasteiger partial charge in [-0.05, 0) is 25.3 Å². The first-order valence-electron chi connectivity index (χ1n) is 11.5. The molecule has 0 saturated carbocycles. The van der Waals surface area contributed by atoms with Gasteiger partial charge < -0.3 is 20.3 Å². The van der Waals surface area contributed by atoms with Gasteiger partial charge in [-0.2, -0.15) is 10.1 Å². The van der Waals surface area contributed by atoms with E-state index in [1.54, 1.807) is 6.20 Å². The third-order valence-corrected chi connectivity index (χ3v) is 5.66. The van der Waals surface area contributed by atoms with Crippen LogP contribution in [0.15, 0.2) is 18.6 Å². The van der Waals surface area contributed by atoms with Crippen LogP contribution in [0.1, 0.15) is 45.7 Å². The van der Waals surface area contributed by atoms with Crippen molar-refractivity contribution in [1.82, 2.24) is 35.0 Å². The van der Waals surface area contributed by atoms with Crippen LogP contribution in [0.25, 0.3) is 11.0 Å². The summed E-state index contributed by atoms with van der Waals surface area (Å²) in [7, 11) is 0. The molecule has 0 radical (unpaired) electrons. The molecule has 10 nitrogen and oxygen atoms in total. The summed E-state index contributed by atoms with van der Waals surface area (Å²) < 4.78 is 7.56. The van der Waals surface area contributed by atoms with Crippen LogP contribution in [0.4, 0.5) is 17.6 Å². The monoisotopic (exact) mass is 439 g/mol. The Morgan fingerprint density at radius 3 is 2.88 bits per heavy atom. The number of hydrogen-bond acceptors (Lipinski definition) is 9. The van der Waals surface area contributed by atoms with Crippen LogP contribution >= 0.6 is 0 Å². The summed E-state index contributed by atoms with van der Waals surface area (Å²) >= 11 is 0. The average Bonchev–Trinajstić information content (AvgIpc) is 3.19. The molecule has 172 valence electrons. The number of ether oxygens (including phenoxy) is 1. The topological polar surface area (TPSA) is 106 Å². The molecule has 3 aromatic rings. The lowest BCUT2D eigenvalue weighted by Gasteiger charge is -2.33. The van der Waals surface area contributed by atoms with E-state index in [1.165, 1.54) is 6.33 Å². The summed E-state index contributed by atoms with van der Waals surface area (Å²) in [6, 6.07) is 2.26. The van der Waals surface area contributed by atoms with Gasteiger partial charge in [-0.1, -0.05) is 20.8 Å². The normalized spacial score (nSPS) is 16.8. The Morgan fingerprint density at radius 2 is 2.16 bits per heavy atom. The summed E-state index contributed by atoms with van der Waals surface area (Å²) in [6.07, 6.45) is 4.30. The van der Waals surface area contributed by atoms with E-state index >= 15 is 0 Å². The van der Waals surface area contributed by atoms with E-state index in [0.29, 0.717) is 37.4 Å². The van der Waals surface area contributed by atoms with Gasteiger partial charge in [-0.3, -0.25) is 4.68 Å². The van der Waals surface area contributed by atoms with Crippen molar-refractivity contribution in [3.8, 4) is 0 Å². The number of nitrogens with one attached hydrogen (secondary N) is 2. The van der Waals surface area contributed by atoms with E-state index in [4.69, 9.17) is 19.8 Å². The molecule has 32 heavy (non-hydrogen) atoms. The molecule has 10 heteroatoms. The number of piperazine rings is 1. The Kier molecular flexibility index (Phi) is 7.11. The Morgan fingerprint density at radius 1 is 1.28 bits per heavy atom. The van der Waals surface area contributed by atoms with Gasteiger partial charge in [-0.25, -0.2) is 15.0 Å². The van der Waals surface area contributed by atoms with Crippen LogP contribution in [-0.4, -0.2) is 68.6 Å². The number of hydrogen-bond donors (Lipinski definition) is 2. The fourth-order valence-electron chi connectivity index (χ4n) is 3.93. The van der Waals surface area contributed by atoms with Crippen molar-refractivity contribution in [3.05, 3.63) is 24.3 Å². The van der Waals surface area contributed by atoms with Crippen molar-refractivity contribution in [2.45, 2.75) is 52.6 Å². The molecule has 3 aromatic heterocycles. The highest BCUT2D eigenvalue weighted by Crippen LogP contribution is 2.31. The van der Waals surface area contributed by atoms with Crippen LogP contribution in [-0.2, 0) is 11.3 Å². The van der Waals surface area contributed by atoms with Crippen LogP contribution < -0.4 is 15.5 Å². The van der Waals surface area contributed by atoms with E-state index in [1.807, 2.05) is 17.7 Å². The lowest BCUT2D eigenvalue weighted by atomic mass is 10.1. The van der Waals surface area contributed by atoms with Crippen LogP contribution in [0.3, 0.4) is 0 Å². The van der Waals surface area contributed by atoms with Crippen LogP contribution in [0.5, 0.6) is 0 Å². The fourth-order valence-corrected chi connectivity index (χ4v) is 3.93. The van der Waals surface area contributed by atoms with Gasteiger partial charge >= 0.3 is 0 Å². The standard InChI is InChI=1S/C22H33N9O/c1-5-16-13-30(10-9-24-16)22-27-19-18(15(3)4)29-31(11-12-32-6-2)20(19)21(28-22)26-17-7-8-23-14-25-17/h7-8,14-16,24H,5-6,9-13H2,1-4H3,(H,23,25,26,27,28)/t16-/m0/s1. The lowest BCUT2D eigenvalue weighted by molar-refractivity contribution is 0.137. The predicted octanol–water partition coefficient (Wildman–Crippen LogP) is 2.71. The Balaban J connectivity index is 1.82. The van der Waals surface area contributed by atoms with Crippen molar-refractivity contribution in [2.24, 2.45) is 0 Å². The maximum Gasteiger partial charge on any atom is 0.228 e. The molecule has 1 aliphatic heterocycles. The Hall–Kier alpha value is -2.85. The second-order valence-corrected chi connectivity index (χ2v) is 8.25. The molecular formula is C22H33N9O. The number of nitrogens with zero attached hydrogens (tertiary/aromatic N) is 7. The zero-order valence-corrected chi connectivity index (χ0v) is 19.4. The zero-order valence-electron chi connectivity index (χ0n) is 19.4. The summed E-state index contributed by atoms with van der Waals surface area (Å²) in [6.45, 7) is 13.0. The van der Waals surface area contributed by atoms with E-state index in [-0.39, 0.29) is 5.92 Å². The van der Waals surface area contributed by atoms with Crippen molar-refractivity contribution in [3.63, 3.8) is 0 Å². The number of fused-ring (bicyclic) bond motifs is 1. The first-order valence-corrected chi connectivity index (χ1v) is 11.5. The maximum atomic E-state index is 5.60. The van der Waals surface area contributed by atoms with Crippen LogP contribution in [0.2, 0.25) is 0 Å². The summed E-state index contributed by atoms with van der Waals surface area (Å²) in [5.74, 6) is 2.33. The Labute approximate surface area is 188 Å². The van der Waals surface area contributed by atoms with E-state index in [0.717, 1.165) is 48.7 Å². The second kappa shape index (κ2) is 10.2. The SMILES string of the molecule is CCOCCn1nc(C(C)C)c2nc(N3CCN[C@@H](CC)C3)nc(Nc3ccncn3)c21. The number of rotatable bonds is 9. The van der Waals surface area contributed by atoms with Crippen molar-refractivity contribution in [1.29, 1.82) is 0 Å². The van der Waals surface area contributed by atoms with Crippen molar-refractivity contribution in [2.75, 3.05) is 43.1 Å². The molecule has 2 N–H and O–H groups in total. The minimum absolute atomic E-state index is 0.229. The minimum atomic E-state index is 0.229. The molecule has 1 aliphatic rings. The Bertz CT molecular complexity index is 1020. The first-order chi connectivity index (χ1) is 15.6. The minimum Gasteiger partial charge on any atom is -0.380 e. The van der Waals surface area contributed by atoms with E-state index in [9.17, 15) is 0 Å². The smallest absolute Gasteiger partial charge is 0.228 e. The highest BCUT2D eigenvalue weighted by atomic mass is 16.5. The average molecular weight is 440 g/mol. The van der Waals surface area contributed by atoms with Crippen molar-refractivity contribution < 1.29 is 4.74 Å². The van der Waals surface area contributed by atoms with Gasteiger partial charge in [0, 0.05) is 38.5 Å². The molecular weight excluding hydrogens is 406 g/mol. The first kappa shape index (κ1) is 22.3. The number of anilines is 3. The van der Waals surface area contributed by atoms with Gasteiger partial charge in [-0.15, -0.1) is 0 Å². The molecule has 1 atom stereocenters. The third-order valence-electron chi connectivity index (χ3n) is 5.66. The molecule has 0 aliphatic carbocycles. The summed E-state index contributed by atoms with van der Waals surface area (Å²) in [5.41, 5.74) is 2.72. The summed E-state index contributed by atoms with van der Waals surface area (Å²) in [4.78, 5) is 20.6. The number of aromatic nitrogens is 6. The van der Waals surface area contributed by atoms with Gasteiger partial charge in [0.2, 0.25) is 5.95 Å². The maximum absolute atomic E-state index is 5.60.